The first-order chi connectivity index (χ1) is 13.0. The Morgan fingerprint density at radius 3 is 2.70 bits per heavy atom. The lowest BCUT2D eigenvalue weighted by molar-refractivity contribution is -0.119. The van der Waals surface area contributed by atoms with Crippen LogP contribution in [0.4, 0.5) is 5.82 Å². The Morgan fingerprint density at radius 2 is 2.00 bits per heavy atom. The molecule has 0 aliphatic heterocycles. The van der Waals surface area contributed by atoms with Crippen molar-refractivity contribution in [1.82, 2.24) is 30.4 Å². The van der Waals surface area contributed by atoms with Crippen molar-refractivity contribution in [1.29, 1.82) is 0 Å². The maximum absolute atomic E-state index is 12.0. The van der Waals surface area contributed by atoms with Gasteiger partial charge in [0.05, 0.1) is 12.9 Å². The average molecular weight is 389 g/mol. The number of methoxy groups -OCH3 is 1. The van der Waals surface area contributed by atoms with E-state index in [0.29, 0.717) is 16.5 Å². The van der Waals surface area contributed by atoms with Crippen molar-refractivity contribution in [3.05, 3.63) is 46.2 Å². The monoisotopic (exact) mass is 389 g/mol. The lowest BCUT2D eigenvalue weighted by Gasteiger charge is -2.07. The normalized spacial score (nSPS) is 10.6. The molecule has 12 heteroatoms. The number of thioether (sulfide) groups is 1. The van der Waals surface area contributed by atoms with Gasteiger partial charge in [0, 0.05) is 11.6 Å². The van der Waals surface area contributed by atoms with Crippen LogP contribution in [0.5, 0.6) is 5.75 Å². The number of ether oxygens (including phenoxy) is 1. The number of nitrogen functional groups attached to an aromatic ring is 1. The number of hydrogen-bond acceptors (Lipinski definition) is 8. The number of nitrogens with one attached hydrogen (secondary N) is 3. The molecule has 0 aliphatic rings. The smallest absolute Gasteiger partial charge is 0.269 e. The van der Waals surface area contributed by atoms with Gasteiger partial charge < -0.3 is 10.5 Å². The van der Waals surface area contributed by atoms with Crippen LogP contribution < -0.4 is 26.9 Å². The third kappa shape index (κ3) is 4.17. The molecule has 0 unspecified atom stereocenters. The summed E-state index contributed by atoms with van der Waals surface area (Å²) in [6, 6.07) is 7.60. The maximum Gasteiger partial charge on any atom is 0.269 e. The highest BCUT2D eigenvalue weighted by Crippen LogP contribution is 2.17. The summed E-state index contributed by atoms with van der Waals surface area (Å²) in [5.74, 6) is -0.0342. The van der Waals surface area contributed by atoms with Crippen molar-refractivity contribution < 1.29 is 14.3 Å². The van der Waals surface area contributed by atoms with Crippen LogP contribution in [-0.4, -0.2) is 44.3 Å². The molecule has 27 heavy (non-hydrogen) atoms. The first kappa shape index (κ1) is 18.3. The van der Waals surface area contributed by atoms with Crippen LogP contribution in [0.25, 0.3) is 5.78 Å². The first-order valence-electron chi connectivity index (χ1n) is 7.58. The van der Waals surface area contributed by atoms with Gasteiger partial charge in [-0.15, -0.1) is 10.2 Å². The van der Waals surface area contributed by atoms with Gasteiger partial charge in [-0.25, -0.2) is 4.40 Å². The molecule has 1 aromatic carbocycles. The van der Waals surface area contributed by atoms with Crippen LogP contribution in [0.15, 0.2) is 40.3 Å². The van der Waals surface area contributed by atoms with Crippen LogP contribution in [-0.2, 0) is 4.79 Å². The van der Waals surface area contributed by atoms with Gasteiger partial charge in [0.25, 0.3) is 11.5 Å². The van der Waals surface area contributed by atoms with Gasteiger partial charge in [0.2, 0.25) is 11.7 Å². The fourth-order valence-corrected chi connectivity index (χ4v) is 2.88. The number of nitrogens with two attached hydrogens (primary N) is 1. The van der Waals surface area contributed by atoms with E-state index in [9.17, 15) is 14.4 Å². The molecule has 0 saturated heterocycles. The van der Waals surface area contributed by atoms with Gasteiger partial charge in [-0.2, -0.15) is 0 Å². The standard InChI is InChI=1S/C15H15N7O4S/c1-26-9-4-2-8(3-5-9)13(25)19-18-12(24)7-27-15-21-20-14-17-11(23)6-10(16)22(14)15/h2-6H,7,16H2,1H3,(H,18,24)(H,19,25)(H,17,20,23). The summed E-state index contributed by atoms with van der Waals surface area (Å²) in [6.45, 7) is 0. The van der Waals surface area contributed by atoms with Gasteiger partial charge in [-0.05, 0) is 24.3 Å². The number of carbonyl (C=O) groups is 2. The summed E-state index contributed by atoms with van der Waals surface area (Å²) >= 11 is 1.04. The summed E-state index contributed by atoms with van der Waals surface area (Å²) in [5, 5.41) is 8.00. The number of amides is 2. The second-order valence-corrected chi connectivity index (χ2v) is 6.16. The number of fused-ring (bicyclic) bond motifs is 1. The summed E-state index contributed by atoms with van der Waals surface area (Å²) in [5.41, 5.74) is 10.4. The maximum atomic E-state index is 12.0. The SMILES string of the molecule is COc1ccc(C(=O)NNC(=O)CSc2nnc3[nH]c(=O)cc(N)n23)cc1. The summed E-state index contributed by atoms with van der Waals surface area (Å²) < 4.78 is 6.43. The minimum Gasteiger partial charge on any atom is -0.497 e. The van der Waals surface area contributed by atoms with Crippen molar-refractivity contribution >= 4 is 35.2 Å². The summed E-state index contributed by atoms with van der Waals surface area (Å²) in [7, 11) is 1.52. The molecule has 5 N–H and O–H groups in total. The van der Waals surface area contributed by atoms with Crippen molar-refractivity contribution in [3.8, 4) is 5.75 Å². The molecule has 2 amide bonds. The van der Waals surface area contributed by atoms with Crippen LogP contribution >= 0.6 is 11.8 Å². The van der Waals surface area contributed by atoms with E-state index in [4.69, 9.17) is 10.5 Å². The van der Waals surface area contributed by atoms with Crippen LogP contribution in [0.3, 0.4) is 0 Å². The molecule has 2 heterocycles. The highest BCUT2D eigenvalue weighted by atomic mass is 32.2. The zero-order valence-electron chi connectivity index (χ0n) is 14.1. The first-order valence-corrected chi connectivity index (χ1v) is 8.56. The Kier molecular flexibility index (Phi) is 5.26. The number of benzene rings is 1. The largest absolute Gasteiger partial charge is 0.497 e. The van der Waals surface area contributed by atoms with E-state index in [0.717, 1.165) is 11.8 Å². The number of hydrogen-bond donors (Lipinski definition) is 4. The van der Waals surface area contributed by atoms with E-state index in [1.807, 2.05) is 0 Å². The van der Waals surface area contributed by atoms with Crippen molar-refractivity contribution in [2.45, 2.75) is 5.16 Å². The second-order valence-electron chi connectivity index (χ2n) is 5.22. The highest BCUT2D eigenvalue weighted by Gasteiger charge is 2.13. The topological polar surface area (TPSA) is 156 Å². The zero-order valence-corrected chi connectivity index (χ0v) is 14.9. The third-order valence-corrected chi connectivity index (χ3v) is 4.33. The lowest BCUT2D eigenvalue weighted by atomic mass is 10.2. The molecule has 3 rings (SSSR count). The van der Waals surface area contributed by atoms with E-state index >= 15 is 0 Å². The number of H-pyrrole nitrogens is 1. The quantitative estimate of drug-likeness (QED) is 0.338. The van der Waals surface area contributed by atoms with Gasteiger partial charge in [-0.1, -0.05) is 11.8 Å². The van der Waals surface area contributed by atoms with Crippen LogP contribution in [0.1, 0.15) is 10.4 Å². The van der Waals surface area contributed by atoms with Crippen LogP contribution in [0, 0.1) is 0 Å². The summed E-state index contributed by atoms with van der Waals surface area (Å²) in [6.07, 6.45) is 0. The Bertz CT molecular complexity index is 1040. The molecule has 0 spiro atoms. The summed E-state index contributed by atoms with van der Waals surface area (Å²) in [4.78, 5) is 37.7. The molecule has 3 aromatic rings. The van der Waals surface area contributed by atoms with Gasteiger partial charge in [0.1, 0.15) is 11.6 Å². The molecule has 0 aliphatic carbocycles. The molecule has 140 valence electrons. The molecular formula is C15H15N7O4S. The number of hydrazine groups is 1. The number of anilines is 1. The predicted octanol–water partition coefficient (Wildman–Crippen LogP) is -0.438. The molecule has 11 nitrogen and oxygen atoms in total. The van der Waals surface area contributed by atoms with Gasteiger partial charge >= 0.3 is 0 Å². The third-order valence-electron chi connectivity index (χ3n) is 3.41. The van der Waals surface area contributed by atoms with Crippen LogP contribution in [0.2, 0.25) is 0 Å². The predicted molar refractivity (Wildman–Crippen MR) is 97.3 cm³/mol. The molecule has 0 saturated carbocycles. The fourth-order valence-electron chi connectivity index (χ4n) is 2.13. The van der Waals surface area contributed by atoms with Gasteiger partial charge in [0.15, 0.2) is 5.16 Å². The van der Waals surface area contributed by atoms with E-state index in [1.165, 1.54) is 17.6 Å². The van der Waals surface area contributed by atoms with Crippen molar-refractivity contribution in [2.24, 2.45) is 0 Å². The van der Waals surface area contributed by atoms with Crippen molar-refractivity contribution in [2.75, 3.05) is 18.6 Å². The zero-order chi connectivity index (χ0) is 19.4. The molecule has 0 radical (unpaired) electrons. The molecule has 0 fully saturated rings. The average Bonchev–Trinajstić information content (AvgIpc) is 3.07. The molecule has 0 atom stereocenters. The second kappa shape index (κ2) is 7.78. The number of aromatic amines is 1. The number of aromatic nitrogens is 4. The van der Waals surface area contributed by atoms with E-state index < -0.39 is 17.4 Å². The molecule has 0 bridgehead atoms. The molecular weight excluding hydrogens is 374 g/mol. The highest BCUT2D eigenvalue weighted by molar-refractivity contribution is 7.99. The van der Waals surface area contributed by atoms with Gasteiger partial charge in [-0.3, -0.25) is 30.2 Å². The van der Waals surface area contributed by atoms with E-state index in [2.05, 4.69) is 26.0 Å². The Morgan fingerprint density at radius 1 is 1.26 bits per heavy atom. The molecule has 2 aromatic heterocycles. The number of rotatable bonds is 5. The number of carbonyl (C=O) groups excluding carboxylic acids is 2. The Balaban J connectivity index is 1.55. The Hall–Kier alpha value is -3.54. The minimum atomic E-state index is -0.467. The van der Waals surface area contributed by atoms with Crippen molar-refractivity contribution in [3.63, 3.8) is 0 Å². The van der Waals surface area contributed by atoms with E-state index in [1.54, 1.807) is 24.3 Å². The van der Waals surface area contributed by atoms with E-state index in [-0.39, 0.29) is 17.3 Å². The Labute approximate surface area is 156 Å². The minimum absolute atomic E-state index is 0.0533. The lowest BCUT2D eigenvalue weighted by Crippen LogP contribution is -2.42. The fraction of sp³-hybridized carbons (Fsp3) is 0.133. The number of nitrogens with zero attached hydrogens (tertiary/aromatic N) is 3.